The largest absolute Gasteiger partial charge is 0.398 e. The van der Waals surface area contributed by atoms with Crippen molar-refractivity contribution in [2.45, 2.75) is 25.3 Å². The van der Waals surface area contributed by atoms with Gasteiger partial charge in [-0.2, -0.15) is 0 Å². The highest BCUT2D eigenvalue weighted by atomic mass is 32.2. The van der Waals surface area contributed by atoms with Crippen molar-refractivity contribution in [3.63, 3.8) is 0 Å². The molecule has 2 rings (SSSR count). The number of H-pyrrole nitrogens is 1. The Morgan fingerprint density at radius 1 is 1.37 bits per heavy atom. The van der Waals surface area contributed by atoms with Crippen LogP contribution in [0.1, 0.15) is 16.8 Å². The fraction of sp³-hybridized carbons (Fsp3) is 0.250. The Hall–Kier alpha value is -1.86. The van der Waals surface area contributed by atoms with Gasteiger partial charge in [0.25, 0.3) is 0 Å². The average molecular weight is 280 g/mol. The molecule has 1 heterocycles. The number of anilines is 1. The van der Waals surface area contributed by atoms with E-state index in [0.29, 0.717) is 22.5 Å². The molecule has 1 aromatic heterocycles. The standard InChI is InChI=1S/C12H16N4O2S/c1-8-3-4-11(13)9(2)12(8)19(17,18)16-6-10-5-14-7-15-10/h3-5,7,16H,6,13H2,1-2H3,(H,14,15). The van der Waals surface area contributed by atoms with Gasteiger partial charge in [0.15, 0.2) is 0 Å². The maximum absolute atomic E-state index is 12.3. The maximum atomic E-state index is 12.3. The normalized spacial score (nSPS) is 11.7. The number of aryl methyl sites for hydroxylation is 1. The van der Waals surface area contributed by atoms with Crippen molar-refractivity contribution < 1.29 is 8.42 Å². The van der Waals surface area contributed by atoms with Crippen LogP contribution in [0, 0.1) is 13.8 Å². The zero-order valence-corrected chi connectivity index (χ0v) is 11.6. The fourth-order valence-electron chi connectivity index (χ4n) is 1.88. The predicted molar refractivity (Wildman–Crippen MR) is 72.9 cm³/mol. The lowest BCUT2D eigenvalue weighted by molar-refractivity contribution is 0.579. The lowest BCUT2D eigenvalue weighted by Crippen LogP contribution is -2.25. The molecule has 7 heteroatoms. The lowest BCUT2D eigenvalue weighted by Gasteiger charge is -2.13. The smallest absolute Gasteiger partial charge is 0.241 e. The Kier molecular flexibility index (Phi) is 3.59. The summed E-state index contributed by atoms with van der Waals surface area (Å²) >= 11 is 0. The highest BCUT2D eigenvalue weighted by Crippen LogP contribution is 2.24. The molecule has 0 aliphatic rings. The minimum Gasteiger partial charge on any atom is -0.398 e. The molecule has 0 spiro atoms. The van der Waals surface area contributed by atoms with Gasteiger partial charge in [-0.15, -0.1) is 0 Å². The minimum atomic E-state index is -3.60. The van der Waals surface area contributed by atoms with Crippen LogP contribution >= 0.6 is 0 Å². The van der Waals surface area contributed by atoms with E-state index < -0.39 is 10.0 Å². The van der Waals surface area contributed by atoms with Crippen molar-refractivity contribution in [2.24, 2.45) is 0 Å². The van der Waals surface area contributed by atoms with Crippen LogP contribution in [0.4, 0.5) is 5.69 Å². The van der Waals surface area contributed by atoms with Crippen LogP contribution < -0.4 is 10.5 Å². The lowest BCUT2D eigenvalue weighted by atomic mass is 10.1. The number of hydrogen-bond acceptors (Lipinski definition) is 4. The first-order chi connectivity index (χ1) is 8.92. The molecule has 0 bridgehead atoms. The zero-order valence-electron chi connectivity index (χ0n) is 10.8. The minimum absolute atomic E-state index is 0.163. The second-order valence-corrected chi connectivity index (χ2v) is 6.03. The fourth-order valence-corrected chi connectivity index (χ4v) is 3.38. The molecule has 0 saturated heterocycles. The van der Waals surface area contributed by atoms with E-state index in [2.05, 4.69) is 14.7 Å². The Morgan fingerprint density at radius 2 is 2.11 bits per heavy atom. The molecule has 0 saturated carbocycles. The van der Waals surface area contributed by atoms with Crippen molar-refractivity contribution >= 4 is 15.7 Å². The van der Waals surface area contributed by atoms with Crippen molar-refractivity contribution in [1.82, 2.24) is 14.7 Å². The zero-order chi connectivity index (χ0) is 14.0. The number of nitrogens with one attached hydrogen (secondary N) is 2. The molecular weight excluding hydrogens is 264 g/mol. The number of aromatic amines is 1. The molecule has 0 fully saturated rings. The van der Waals surface area contributed by atoms with Crippen molar-refractivity contribution in [2.75, 3.05) is 5.73 Å². The molecular formula is C12H16N4O2S. The van der Waals surface area contributed by atoms with Gasteiger partial charge in [0.2, 0.25) is 10.0 Å². The Morgan fingerprint density at radius 3 is 2.74 bits per heavy atom. The monoisotopic (exact) mass is 280 g/mol. The van der Waals surface area contributed by atoms with E-state index in [1.54, 1.807) is 32.2 Å². The van der Waals surface area contributed by atoms with Gasteiger partial charge in [-0.05, 0) is 31.0 Å². The average Bonchev–Trinajstić information content (AvgIpc) is 2.85. The van der Waals surface area contributed by atoms with Crippen molar-refractivity contribution in [1.29, 1.82) is 0 Å². The van der Waals surface area contributed by atoms with Gasteiger partial charge in [0.05, 0.1) is 17.8 Å². The summed E-state index contributed by atoms with van der Waals surface area (Å²) in [6.45, 7) is 3.61. The van der Waals surface area contributed by atoms with E-state index >= 15 is 0 Å². The van der Waals surface area contributed by atoms with Crippen LogP contribution in [-0.2, 0) is 16.6 Å². The van der Waals surface area contributed by atoms with Gasteiger partial charge in [-0.3, -0.25) is 0 Å². The maximum Gasteiger partial charge on any atom is 0.241 e. The molecule has 0 aliphatic carbocycles. The Balaban J connectivity index is 2.32. The van der Waals surface area contributed by atoms with Crippen molar-refractivity contribution in [3.05, 3.63) is 41.5 Å². The molecule has 0 amide bonds. The van der Waals surface area contributed by atoms with Crippen LogP contribution in [0.3, 0.4) is 0 Å². The van der Waals surface area contributed by atoms with Crippen LogP contribution in [-0.4, -0.2) is 18.4 Å². The van der Waals surface area contributed by atoms with E-state index in [9.17, 15) is 8.42 Å². The summed E-state index contributed by atoms with van der Waals surface area (Å²) in [7, 11) is -3.60. The number of rotatable bonds is 4. The first kappa shape index (κ1) is 13.6. The summed E-state index contributed by atoms with van der Waals surface area (Å²) in [6.07, 6.45) is 3.07. The van der Waals surface area contributed by atoms with Gasteiger partial charge >= 0.3 is 0 Å². The molecule has 0 unspecified atom stereocenters. The van der Waals surface area contributed by atoms with Crippen molar-refractivity contribution in [3.8, 4) is 0 Å². The van der Waals surface area contributed by atoms with Crippen LogP contribution in [0.25, 0.3) is 0 Å². The molecule has 19 heavy (non-hydrogen) atoms. The molecule has 0 radical (unpaired) electrons. The van der Waals surface area contributed by atoms with Crippen LogP contribution in [0.2, 0.25) is 0 Å². The summed E-state index contributed by atoms with van der Waals surface area (Å²) in [5.74, 6) is 0. The third-order valence-corrected chi connectivity index (χ3v) is 4.61. The van der Waals surface area contributed by atoms with Gasteiger partial charge < -0.3 is 10.7 Å². The quantitative estimate of drug-likeness (QED) is 0.730. The number of nitrogens with two attached hydrogens (primary N) is 1. The number of hydrogen-bond donors (Lipinski definition) is 3. The topological polar surface area (TPSA) is 101 Å². The summed E-state index contributed by atoms with van der Waals surface area (Å²) in [4.78, 5) is 6.92. The van der Waals surface area contributed by atoms with E-state index in [1.165, 1.54) is 6.33 Å². The Labute approximate surface area is 112 Å². The summed E-state index contributed by atoms with van der Waals surface area (Å²) in [6, 6.07) is 3.41. The molecule has 6 nitrogen and oxygen atoms in total. The highest BCUT2D eigenvalue weighted by Gasteiger charge is 2.20. The predicted octanol–water partition coefficient (Wildman–Crippen LogP) is 1.09. The molecule has 2 aromatic rings. The van der Waals surface area contributed by atoms with E-state index in [1.807, 2.05) is 0 Å². The van der Waals surface area contributed by atoms with E-state index in [4.69, 9.17) is 5.73 Å². The second kappa shape index (κ2) is 5.02. The number of sulfonamides is 1. The molecule has 1 aromatic carbocycles. The molecule has 4 N–H and O–H groups in total. The first-order valence-electron chi connectivity index (χ1n) is 5.74. The highest BCUT2D eigenvalue weighted by molar-refractivity contribution is 7.89. The molecule has 0 aliphatic heterocycles. The SMILES string of the molecule is Cc1ccc(N)c(C)c1S(=O)(=O)NCc1cnc[nH]1. The van der Waals surface area contributed by atoms with Gasteiger partial charge in [0.1, 0.15) is 0 Å². The third kappa shape index (κ3) is 2.77. The number of imidazole rings is 1. The second-order valence-electron chi connectivity index (χ2n) is 4.33. The molecule has 0 atom stereocenters. The first-order valence-corrected chi connectivity index (χ1v) is 7.22. The summed E-state index contributed by atoms with van der Waals surface area (Å²) in [5, 5.41) is 0. The Bertz CT molecular complexity index is 678. The third-order valence-electron chi connectivity index (χ3n) is 2.92. The summed E-state index contributed by atoms with van der Waals surface area (Å²) in [5.41, 5.74) is 8.17. The summed E-state index contributed by atoms with van der Waals surface area (Å²) < 4.78 is 27.2. The molecule has 102 valence electrons. The van der Waals surface area contributed by atoms with Gasteiger partial charge in [-0.1, -0.05) is 6.07 Å². The van der Waals surface area contributed by atoms with Crippen LogP contribution in [0.5, 0.6) is 0 Å². The van der Waals surface area contributed by atoms with E-state index in [0.717, 1.165) is 0 Å². The van der Waals surface area contributed by atoms with Crippen LogP contribution in [0.15, 0.2) is 29.6 Å². The van der Waals surface area contributed by atoms with E-state index in [-0.39, 0.29) is 11.4 Å². The number of nitrogen functional groups attached to an aromatic ring is 1. The number of aromatic nitrogens is 2. The number of nitrogens with zero attached hydrogens (tertiary/aromatic N) is 1. The number of benzene rings is 1. The van der Waals surface area contributed by atoms with Gasteiger partial charge in [-0.25, -0.2) is 18.1 Å². The van der Waals surface area contributed by atoms with Gasteiger partial charge in [0, 0.05) is 17.6 Å².